The third-order valence-electron chi connectivity index (χ3n) is 2.19. The smallest absolute Gasteiger partial charge is 0.138 e. The zero-order valence-corrected chi connectivity index (χ0v) is 6.71. The minimum absolute atomic E-state index is 0.955. The number of nitrogens with zero attached hydrogens (tertiary/aromatic N) is 2. The van der Waals surface area contributed by atoms with Crippen molar-refractivity contribution < 1.29 is 4.52 Å². The van der Waals surface area contributed by atoms with Crippen molar-refractivity contribution in [2.75, 3.05) is 13.1 Å². The maximum atomic E-state index is 4.96. The summed E-state index contributed by atoms with van der Waals surface area (Å²) >= 11 is 0. The molecule has 0 amide bonds. The van der Waals surface area contributed by atoms with Gasteiger partial charge in [-0.3, -0.25) is 4.90 Å². The van der Waals surface area contributed by atoms with Gasteiger partial charge in [-0.25, -0.2) is 0 Å². The average molecular weight is 152 g/mol. The van der Waals surface area contributed by atoms with Gasteiger partial charge >= 0.3 is 0 Å². The van der Waals surface area contributed by atoms with Crippen molar-refractivity contribution in [3.05, 3.63) is 17.5 Å². The Bertz CT molecular complexity index is 240. The summed E-state index contributed by atoms with van der Waals surface area (Å²) in [6.07, 6.45) is 3.15. The van der Waals surface area contributed by atoms with E-state index in [1.165, 1.54) is 25.1 Å². The highest BCUT2D eigenvalue weighted by Crippen LogP contribution is 2.14. The number of rotatable bonds is 2. The number of hydrogen-bond donors (Lipinski definition) is 0. The van der Waals surface area contributed by atoms with Gasteiger partial charge in [0.2, 0.25) is 0 Å². The first-order valence-corrected chi connectivity index (χ1v) is 3.99. The Balaban J connectivity index is 1.99. The molecule has 2 heterocycles. The third kappa shape index (κ3) is 1.28. The summed E-state index contributed by atoms with van der Waals surface area (Å²) in [6.45, 7) is 5.42. The number of aryl methyl sites for hydroxylation is 1. The molecule has 1 saturated heterocycles. The predicted octanol–water partition coefficient (Wildman–Crippen LogP) is 1.19. The third-order valence-corrected chi connectivity index (χ3v) is 2.19. The zero-order chi connectivity index (χ0) is 7.68. The van der Waals surface area contributed by atoms with Gasteiger partial charge < -0.3 is 4.52 Å². The first kappa shape index (κ1) is 6.85. The highest BCUT2D eigenvalue weighted by atomic mass is 16.5. The molecule has 0 aromatic carbocycles. The Morgan fingerprint density at radius 3 is 2.91 bits per heavy atom. The molecule has 0 aliphatic carbocycles. The molecular weight excluding hydrogens is 140 g/mol. The highest BCUT2D eigenvalue weighted by molar-refractivity contribution is 5.11. The number of hydrogen-bond acceptors (Lipinski definition) is 3. The molecule has 0 radical (unpaired) electrons. The average Bonchev–Trinajstić information content (AvgIpc) is 2.27. The molecule has 0 unspecified atom stereocenters. The van der Waals surface area contributed by atoms with Crippen LogP contribution in [0.4, 0.5) is 0 Å². The van der Waals surface area contributed by atoms with Crippen LogP contribution in [0.25, 0.3) is 0 Å². The molecule has 1 aromatic rings. The van der Waals surface area contributed by atoms with Crippen molar-refractivity contribution >= 4 is 0 Å². The molecule has 0 bridgehead atoms. The minimum Gasteiger partial charge on any atom is -0.361 e. The quantitative estimate of drug-likeness (QED) is 0.637. The van der Waals surface area contributed by atoms with Crippen LogP contribution in [0.15, 0.2) is 10.7 Å². The van der Waals surface area contributed by atoms with Crippen LogP contribution in [-0.2, 0) is 6.54 Å². The number of aromatic nitrogens is 1. The molecule has 1 aromatic heterocycles. The second-order valence-corrected chi connectivity index (χ2v) is 3.04. The van der Waals surface area contributed by atoms with E-state index in [9.17, 15) is 0 Å². The Morgan fingerprint density at radius 2 is 2.45 bits per heavy atom. The molecule has 0 atom stereocenters. The fraction of sp³-hybridized carbons (Fsp3) is 0.625. The fourth-order valence-electron chi connectivity index (χ4n) is 1.25. The summed E-state index contributed by atoms with van der Waals surface area (Å²) in [6, 6.07) is 0. The molecular formula is C8H12N2O. The molecule has 2 rings (SSSR count). The van der Waals surface area contributed by atoms with E-state index in [1.54, 1.807) is 0 Å². The summed E-state index contributed by atoms with van der Waals surface area (Å²) in [7, 11) is 0. The van der Waals surface area contributed by atoms with Gasteiger partial charge in [0.05, 0.1) is 6.20 Å². The van der Waals surface area contributed by atoms with Gasteiger partial charge in [0.1, 0.15) is 5.76 Å². The number of likely N-dealkylation sites (tertiary alicyclic amines) is 1. The lowest BCUT2D eigenvalue weighted by molar-refractivity contribution is 0.171. The monoisotopic (exact) mass is 152 g/mol. The van der Waals surface area contributed by atoms with Crippen molar-refractivity contribution in [3.8, 4) is 0 Å². The Kier molecular flexibility index (Phi) is 1.66. The van der Waals surface area contributed by atoms with E-state index in [4.69, 9.17) is 4.52 Å². The van der Waals surface area contributed by atoms with E-state index in [-0.39, 0.29) is 0 Å². The summed E-state index contributed by atoms with van der Waals surface area (Å²) < 4.78 is 4.96. The Hall–Kier alpha value is -0.830. The second kappa shape index (κ2) is 2.66. The molecule has 3 nitrogen and oxygen atoms in total. The first-order valence-electron chi connectivity index (χ1n) is 3.99. The van der Waals surface area contributed by atoms with Crippen molar-refractivity contribution in [2.45, 2.75) is 19.9 Å². The first-order chi connectivity index (χ1) is 5.36. The summed E-state index contributed by atoms with van der Waals surface area (Å²) in [5, 5.41) is 3.73. The van der Waals surface area contributed by atoms with Gasteiger partial charge in [-0.05, 0) is 26.4 Å². The van der Waals surface area contributed by atoms with E-state index in [0.29, 0.717) is 0 Å². The molecule has 0 spiro atoms. The van der Waals surface area contributed by atoms with Crippen molar-refractivity contribution in [2.24, 2.45) is 0 Å². The molecule has 1 aliphatic heterocycles. The van der Waals surface area contributed by atoms with Gasteiger partial charge in [0.15, 0.2) is 0 Å². The second-order valence-electron chi connectivity index (χ2n) is 3.04. The summed E-state index contributed by atoms with van der Waals surface area (Å²) in [4.78, 5) is 2.39. The van der Waals surface area contributed by atoms with E-state index in [1.807, 2.05) is 13.1 Å². The largest absolute Gasteiger partial charge is 0.361 e. The normalized spacial score (nSPS) is 18.3. The summed E-state index contributed by atoms with van der Waals surface area (Å²) in [5.74, 6) is 0.955. The SMILES string of the molecule is Cc1oncc1CN1CCC1. The maximum Gasteiger partial charge on any atom is 0.138 e. The van der Waals surface area contributed by atoms with Crippen molar-refractivity contribution in [1.82, 2.24) is 10.1 Å². The van der Waals surface area contributed by atoms with Crippen LogP contribution in [0.1, 0.15) is 17.7 Å². The maximum absolute atomic E-state index is 4.96. The van der Waals surface area contributed by atoms with Gasteiger partial charge in [0, 0.05) is 12.1 Å². The van der Waals surface area contributed by atoms with Crippen LogP contribution in [0.5, 0.6) is 0 Å². The Morgan fingerprint density at radius 1 is 1.64 bits per heavy atom. The molecule has 3 heteroatoms. The Labute approximate surface area is 66.0 Å². The van der Waals surface area contributed by atoms with Crippen LogP contribution in [-0.4, -0.2) is 23.1 Å². The van der Waals surface area contributed by atoms with Crippen LogP contribution in [0, 0.1) is 6.92 Å². The molecule has 0 N–H and O–H groups in total. The van der Waals surface area contributed by atoms with Gasteiger partial charge in [-0.2, -0.15) is 0 Å². The van der Waals surface area contributed by atoms with Gasteiger partial charge in [0.25, 0.3) is 0 Å². The van der Waals surface area contributed by atoms with E-state index < -0.39 is 0 Å². The van der Waals surface area contributed by atoms with E-state index in [2.05, 4.69) is 10.1 Å². The minimum atomic E-state index is 0.955. The summed E-state index contributed by atoms with van der Waals surface area (Å²) in [5.41, 5.74) is 1.23. The lowest BCUT2D eigenvalue weighted by Crippen LogP contribution is -2.36. The predicted molar refractivity (Wildman–Crippen MR) is 41.1 cm³/mol. The molecule has 60 valence electrons. The van der Waals surface area contributed by atoms with Crippen molar-refractivity contribution in [1.29, 1.82) is 0 Å². The molecule has 11 heavy (non-hydrogen) atoms. The van der Waals surface area contributed by atoms with Crippen LogP contribution >= 0.6 is 0 Å². The van der Waals surface area contributed by atoms with Crippen LogP contribution < -0.4 is 0 Å². The molecule has 1 fully saturated rings. The van der Waals surface area contributed by atoms with Gasteiger partial charge in [-0.1, -0.05) is 5.16 Å². The fourth-order valence-corrected chi connectivity index (χ4v) is 1.25. The highest BCUT2D eigenvalue weighted by Gasteiger charge is 2.15. The van der Waals surface area contributed by atoms with Gasteiger partial charge in [-0.15, -0.1) is 0 Å². The lowest BCUT2D eigenvalue weighted by Gasteiger charge is -2.30. The topological polar surface area (TPSA) is 29.3 Å². The van der Waals surface area contributed by atoms with E-state index >= 15 is 0 Å². The molecule has 0 saturated carbocycles. The lowest BCUT2D eigenvalue weighted by atomic mass is 10.2. The van der Waals surface area contributed by atoms with Crippen LogP contribution in [0.2, 0.25) is 0 Å². The van der Waals surface area contributed by atoms with E-state index in [0.717, 1.165) is 12.3 Å². The zero-order valence-electron chi connectivity index (χ0n) is 6.71. The van der Waals surface area contributed by atoms with Crippen LogP contribution in [0.3, 0.4) is 0 Å². The standard InChI is InChI=1S/C8H12N2O/c1-7-8(5-9-11-7)6-10-3-2-4-10/h5H,2-4,6H2,1H3. The van der Waals surface area contributed by atoms with Crippen molar-refractivity contribution in [3.63, 3.8) is 0 Å². The molecule has 1 aliphatic rings.